The Labute approximate surface area is 112 Å². The molecule has 0 fully saturated rings. The Hall–Kier alpha value is -1.61. The molecule has 0 spiro atoms. The normalized spacial score (nSPS) is 10.3. The number of hydrogen-bond donors (Lipinski definition) is 1. The van der Waals surface area contributed by atoms with Crippen molar-refractivity contribution in [3.63, 3.8) is 0 Å². The van der Waals surface area contributed by atoms with Crippen LogP contribution in [0.5, 0.6) is 5.75 Å². The van der Waals surface area contributed by atoms with Crippen LogP contribution in [0.25, 0.3) is 0 Å². The van der Waals surface area contributed by atoms with Crippen LogP contribution in [0.15, 0.2) is 53.4 Å². The molecule has 2 aromatic rings. The second-order valence-electron chi connectivity index (χ2n) is 3.90. The molecular weight excluding hydrogens is 242 g/mol. The van der Waals surface area contributed by atoms with Crippen LogP contribution in [-0.4, -0.2) is 6.61 Å². The van der Waals surface area contributed by atoms with E-state index in [1.165, 1.54) is 4.90 Å². The number of hydrogen-bond acceptors (Lipinski definition) is 3. The number of ether oxygens (including phenoxy) is 1. The Morgan fingerprint density at radius 3 is 2.61 bits per heavy atom. The molecule has 0 amide bonds. The molecule has 94 valence electrons. The zero-order valence-corrected chi connectivity index (χ0v) is 11.2. The highest BCUT2D eigenvalue weighted by molar-refractivity contribution is 7.98. The molecular formula is C15H17NOS. The van der Waals surface area contributed by atoms with Crippen molar-refractivity contribution in [3.8, 4) is 5.75 Å². The highest BCUT2D eigenvalue weighted by atomic mass is 32.2. The van der Waals surface area contributed by atoms with Gasteiger partial charge in [0.1, 0.15) is 5.75 Å². The van der Waals surface area contributed by atoms with Crippen LogP contribution in [0.3, 0.4) is 0 Å². The third-order valence-corrected chi connectivity index (χ3v) is 3.58. The number of rotatable bonds is 5. The lowest BCUT2D eigenvalue weighted by Gasteiger charge is -2.10. The molecule has 0 unspecified atom stereocenters. The molecule has 0 radical (unpaired) electrons. The maximum Gasteiger partial charge on any atom is 0.123 e. The first-order valence-electron chi connectivity index (χ1n) is 5.98. The third kappa shape index (κ3) is 3.44. The van der Waals surface area contributed by atoms with Gasteiger partial charge in [-0.2, -0.15) is 0 Å². The second kappa shape index (κ2) is 6.36. The molecule has 2 rings (SSSR count). The van der Waals surface area contributed by atoms with Crippen LogP contribution in [0.4, 0.5) is 5.69 Å². The minimum Gasteiger partial charge on any atom is -0.494 e. The van der Waals surface area contributed by atoms with Gasteiger partial charge in [-0.3, -0.25) is 0 Å². The molecule has 0 atom stereocenters. The maximum atomic E-state index is 5.83. The summed E-state index contributed by atoms with van der Waals surface area (Å²) >= 11 is 1.79. The molecule has 0 aromatic heterocycles. The summed E-state index contributed by atoms with van der Waals surface area (Å²) in [7, 11) is 0. The summed E-state index contributed by atoms with van der Waals surface area (Å²) in [5.74, 6) is 1.79. The van der Waals surface area contributed by atoms with Crippen molar-refractivity contribution in [2.75, 3.05) is 12.3 Å². The quantitative estimate of drug-likeness (QED) is 0.652. The highest BCUT2D eigenvalue weighted by Crippen LogP contribution is 2.29. The molecule has 0 aliphatic rings. The zero-order chi connectivity index (χ0) is 12.8. The van der Waals surface area contributed by atoms with Crippen molar-refractivity contribution in [2.24, 2.45) is 0 Å². The van der Waals surface area contributed by atoms with Gasteiger partial charge in [-0.1, -0.05) is 18.2 Å². The molecule has 2 aromatic carbocycles. The van der Waals surface area contributed by atoms with Crippen LogP contribution in [0.1, 0.15) is 12.5 Å². The minimum absolute atomic E-state index is 0.674. The lowest BCUT2D eigenvalue weighted by molar-refractivity contribution is 0.337. The van der Waals surface area contributed by atoms with Crippen molar-refractivity contribution < 1.29 is 4.74 Å². The minimum atomic E-state index is 0.674. The van der Waals surface area contributed by atoms with Crippen LogP contribution in [-0.2, 0) is 5.75 Å². The van der Waals surface area contributed by atoms with E-state index < -0.39 is 0 Å². The van der Waals surface area contributed by atoms with Crippen molar-refractivity contribution in [3.05, 3.63) is 54.1 Å². The van der Waals surface area contributed by atoms with Gasteiger partial charge >= 0.3 is 0 Å². The summed E-state index contributed by atoms with van der Waals surface area (Å²) in [6.07, 6.45) is 0. The molecule has 0 heterocycles. The van der Waals surface area contributed by atoms with E-state index in [1.54, 1.807) is 11.8 Å². The Kier molecular flexibility index (Phi) is 4.53. The largest absolute Gasteiger partial charge is 0.494 e. The Balaban J connectivity index is 2.10. The van der Waals surface area contributed by atoms with Gasteiger partial charge in [-0.25, -0.2) is 0 Å². The number of anilines is 1. The summed E-state index contributed by atoms with van der Waals surface area (Å²) in [6, 6.07) is 16.1. The fourth-order valence-corrected chi connectivity index (χ4v) is 2.58. The Morgan fingerprint density at radius 1 is 1.11 bits per heavy atom. The van der Waals surface area contributed by atoms with Gasteiger partial charge in [-0.05, 0) is 37.3 Å². The van der Waals surface area contributed by atoms with Gasteiger partial charge in [-0.15, -0.1) is 11.8 Å². The second-order valence-corrected chi connectivity index (χ2v) is 4.95. The smallest absolute Gasteiger partial charge is 0.123 e. The van der Waals surface area contributed by atoms with Crippen molar-refractivity contribution >= 4 is 17.4 Å². The molecule has 2 nitrogen and oxygen atoms in total. The van der Waals surface area contributed by atoms with Gasteiger partial charge in [0.05, 0.1) is 6.61 Å². The summed E-state index contributed by atoms with van der Waals surface area (Å²) in [5, 5.41) is 0. The maximum absolute atomic E-state index is 5.83. The standard InChI is InChI=1S/C15H17NOS/c1-2-17-15-9-8-13(16)10-12(15)11-18-14-6-4-3-5-7-14/h3-10H,2,11,16H2,1H3. The fourth-order valence-electron chi connectivity index (χ4n) is 1.69. The van der Waals surface area contributed by atoms with Gasteiger partial charge < -0.3 is 10.5 Å². The van der Waals surface area contributed by atoms with Crippen LogP contribution >= 0.6 is 11.8 Å². The fraction of sp³-hybridized carbons (Fsp3) is 0.200. The molecule has 0 saturated carbocycles. The first-order chi connectivity index (χ1) is 8.79. The molecule has 3 heteroatoms. The molecule has 0 aliphatic heterocycles. The third-order valence-electron chi connectivity index (χ3n) is 2.52. The van der Waals surface area contributed by atoms with E-state index in [1.807, 2.05) is 43.3 Å². The van der Waals surface area contributed by atoms with Gasteiger partial charge in [0.25, 0.3) is 0 Å². The predicted molar refractivity (Wildman–Crippen MR) is 78.0 cm³/mol. The van der Waals surface area contributed by atoms with Crippen LogP contribution < -0.4 is 10.5 Å². The number of benzene rings is 2. The summed E-state index contributed by atoms with van der Waals surface area (Å²) < 4.78 is 5.61. The summed E-state index contributed by atoms with van der Waals surface area (Å²) in [6.45, 7) is 2.66. The molecule has 0 bridgehead atoms. The van der Waals surface area contributed by atoms with E-state index in [-0.39, 0.29) is 0 Å². The van der Waals surface area contributed by atoms with E-state index in [2.05, 4.69) is 12.1 Å². The topological polar surface area (TPSA) is 35.2 Å². The van der Waals surface area contributed by atoms with Crippen molar-refractivity contribution in [1.29, 1.82) is 0 Å². The number of nitrogens with two attached hydrogens (primary N) is 1. The van der Waals surface area contributed by atoms with Gasteiger partial charge in [0.2, 0.25) is 0 Å². The van der Waals surface area contributed by atoms with Crippen LogP contribution in [0.2, 0.25) is 0 Å². The van der Waals surface area contributed by atoms with E-state index in [9.17, 15) is 0 Å². The lowest BCUT2D eigenvalue weighted by atomic mass is 10.2. The Bertz CT molecular complexity index is 499. The van der Waals surface area contributed by atoms with E-state index >= 15 is 0 Å². The van der Waals surface area contributed by atoms with Gasteiger partial charge in [0, 0.05) is 21.9 Å². The SMILES string of the molecule is CCOc1ccc(N)cc1CSc1ccccc1. The van der Waals surface area contributed by atoms with Gasteiger partial charge in [0.15, 0.2) is 0 Å². The van der Waals surface area contributed by atoms with Crippen LogP contribution in [0, 0.1) is 0 Å². The highest BCUT2D eigenvalue weighted by Gasteiger charge is 2.05. The first kappa shape index (κ1) is 12.8. The predicted octanol–water partition coefficient (Wildman–Crippen LogP) is 3.96. The number of nitrogen functional groups attached to an aromatic ring is 1. The first-order valence-corrected chi connectivity index (χ1v) is 6.97. The number of thioether (sulfide) groups is 1. The van der Waals surface area contributed by atoms with E-state index in [0.29, 0.717) is 6.61 Å². The summed E-state index contributed by atoms with van der Waals surface area (Å²) in [4.78, 5) is 1.25. The average molecular weight is 259 g/mol. The Morgan fingerprint density at radius 2 is 1.89 bits per heavy atom. The zero-order valence-electron chi connectivity index (χ0n) is 10.4. The molecule has 2 N–H and O–H groups in total. The van der Waals surface area contributed by atoms with Crippen molar-refractivity contribution in [2.45, 2.75) is 17.6 Å². The molecule has 18 heavy (non-hydrogen) atoms. The average Bonchev–Trinajstić information content (AvgIpc) is 2.40. The molecule has 0 saturated heterocycles. The monoisotopic (exact) mass is 259 g/mol. The van der Waals surface area contributed by atoms with Crippen molar-refractivity contribution in [1.82, 2.24) is 0 Å². The van der Waals surface area contributed by atoms with E-state index in [0.717, 1.165) is 22.8 Å². The molecule has 0 aliphatic carbocycles. The lowest BCUT2D eigenvalue weighted by Crippen LogP contribution is -1.97. The van der Waals surface area contributed by atoms with E-state index in [4.69, 9.17) is 10.5 Å². The summed E-state index contributed by atoms with van der Waals surface area (Å²) in [5.41, 5.74) is 7.75.